The Morgan fingerprint density at radius 2 is 1.84 bits per heavy atom. The number of nitrogens with one attached hydrogen (secondary N) is 1. The lowest BCUT2D eigenvalue weighted by atomic mass is 10.2. The number of hydrogen-bond acceptors (Lipinski definition) is 2. The van der Waals surface area contributed by atoms with Crippen LogP contribution in [0.2, 0.25) is 0 Å². The topological polar surface area (TPSA) is 46.4 Å². The predicted octanol–water partition coefficient (Wildman–Crippen LogP) is 4.09. The number of fused-ring (bicyclic) bond motifs is 1. The Kier molecular flexibility index (Phi) is 4.80. The van der Waals surface area contributed by atoms with Gasteiger partial charge in [-0.15, -0.1) is 0 Å². The maximum atomic E-state index is 12.7. The standard InChI is InChI=1S/C17H13BrF3N3O/c18-13-4-1-11(2-5-13)16(25)22-8-7-14-10-24-9-12(17(19,20)21)3-6-15(24)23-14/h1-6,9-10H,7-8H2,(H,22,25). The average molecular weight is 412 g/mol. The Morgan fingerprint density at radius 1 is 1.12 bits per heavy atom. The second kappa shape index (κ2) is 6.87. The molecule has 0 saturated heterocycles. The highest BCUT2D eigenvalue weighted by atomic mass is 79.9. The average Bonchev–Trinajstić information content (AvgIpc) is 2.96. The van der Waals surface area contributed by atoms with E-state index in [0.717, 1.165) is 16.7 Å². The van der Waals surface area contributed by atoms with E-state index in [-0.39, 0.29) is 5.91 Å². The van der Waals surface area contributed by atoms with Gasteiger partial charge in [-0.3, -0.25) is 4.79 Å². The minimum absolute atomic E-state index is 0.212. The number of nitrogens with zero attached hydrogens (tertiary/aromatic N) is 2. The fourth-order valence-corrected chi connectivity index (χ4v) is 2.60. The molecule has 2 heterocycles. The second-order valence-electron chi connectivity index (χ2n) is 5.43. The summed E-state index contributed by atoms with van der Waals surface area (Å²) in [5, 5.41) is 2.76. The highest BCUT2D eigenvalue weighted by Gasteiger charge is 2.30. The van der Waals surface area contributed by atoms with Crippen molar-refractivity contribution < 1.29 is 18.0 Å². The van der Waals surface area contributed by atoms with Crippen LogP contribution in [0, 0.1) is 0 Å². The summed E-state index contributed by atoms with van der Waals surface area (Å²) < 4.78 is 40.4. The van der Waals surface area contributed by atoms with Crippen LogP contribution >= 0.6 is 15.9 Å². The molecule has 0 radical (unpaired) electrons. The van der Waals surface area contributed by atoms with E-state index >= 15 is 0 Å². The van der Waals surface area contributed by atoms with Gasteiger partial charge in [-0.05, 0) is 36.4 Å². The highest BCUT2D eigenvalue weighted by Crippen LogP contribution is 2.29. The molecule has 8 heteroatoms. The van der Waals surface area contributed by atoms with Gasteiger partial charge in [0.15, 0.2) is 0 Å². The summed E-state index contributed by atoms with van der Waals surface area (Å²) in [5.74, 6) is -0.212. The van der Waals surface area contributed by atoms with E-state index in [2.05, 4.69) is 26.2 Å². The summed E-state index contributed by atoms with van der Waals surface area (Å²) in [7, 11) is 0. The monoisotopic (exact) mass is 411 g/mol. The number of amides is 1. The number of hydrogen-bond donors (Lipinski definition) is 1. The van der Waals surface area contributed by atoms with Crippen LogP contribution < -0.4 is 5.32 Å². The molecule has 1 aromatic carbocycles. The van der Waals surface area contributed by atoms with Crippen molar-refractivity contribution in [1.82, 2.24) is 14.7 Å². The van der Waals surface area contributed by atoms with Crippen LogP contribution in [0.5, 0.6) is 0 Å². The van der Waals surface area contributed by atoms with Gasteiger partial charge in [-0.1, -0.05) is 15.9 Å². The first kappa shape index (κ1) is 17.5. The Morgan fingerprint density at radius 3 is 2.52 bits per heavy atom. The van der Waals surface area contributed by atoms with Crippen LogP contribution in [0.4, 0.5) is 13.2 Å². The fourth-order valence-electron chi connectivity index (χ4n) is 2.34. The van der Waals surface area contributed by atoms with E-state index in [1.807, 2.05) is 0 Å². The van der Waals surface area contributed by atoms with Gasteiger partial charge in [-0.25, -0.2) is 4.98 Å². The molecule has 0 unspecified atom stereocenters. The van der Waals surface area contributed by atoms with Crippen LogP contribution in [0.1, 0.15) is 21.6 Å². The van der Waals surface area contributed by atoms with Crippen LogP contribution in [-0.2, 0) is 12.6 Å². The first-order valence-corrected chi connectivity index (χ1v) is 8.21. The molecule has 1 amide bonds. The molecule has 3 aromatic rings. The lowest BCUT2D eigenvalue weighted by Gasteiger charge is -2.05. The molecule has 25 heavy (non-hydrogen) atoms. The molecular formula is C17H13BrF3N3O. The zero-order valence-corrected chi connectivity index (χ0v) is 14.4. The van der Waals surface area contributed by atoms with Gasteiger partial charge in [0.25, 0.3) is 5.91 Å². The molecule has 0 saturated carbocycles. The number of pyridine rings is 1. The van der Waals surface area contributed by atoms with Gasteiger partial charge < -0.3 is 9.72 Å². The van der Waals surface area contributed by atoms with Gasteiger partial charge in [0.1, 0.15) is 5.65 Å². The van der Waals surface area contributed by atoms with Crippen molar-refractivity contribution in [3.8, 4) is 0 Å². The summed E-state index contributed by atoms with van der Waals surface area (Å²) >= 11 is 3.30. The van der Waals surface area contributed by atoms with Crippen LogP contribution in [0.15, 0.2) is 53.3 Å². The van der Waals surface area contributed by atoms with Crippen molar-refractivity contribution in [1.29, 1.82) is 0 Å². The maximum absolute atomic E-state index is 12.7. The molecule has 0 aliphatic rings. The third-order valence-electron chi connectivity index (χ3n) is 3.60. The van der Waals surface area contributed by atoms with E-state index in [4.69, 9.17) is 0 Å². The Balaban J connectivity index is 1.63. The molecule has 0 atom stereocenters. The minimum Gasteiger partial charge on any atom is -0.352 e. The fraction of sp³-hybridized carbons (Fsp3) is 0.176. The van der Waals surface area contributed by atoms with Crippen LogP contribution in [0.25, 0.3) is 5.65 Å². The zero-order chi connectivity index (χ0) is 18.0. The number of benzene rings is 1. The van der Waals surface area contributed by atoms with Gasteiger partial charge in [0.05, 0.1) is 11.3 Å². The molecule has 0 aliphatic heterocycles. The molecular weight excluding hydrogens is 399 g/mol. The predicted molar refractivity (Wildman–Crippen MR) is 90.4 cm³/mol. The lowest BCUT2D eigenvalue weighted by Crippen LogP contribution is -2.25. The molecule has 0 aliphatic carbocycles. The van der Waals surface area contributed by atoms with E-state index in [9.17, 15) is 18.0 Å². The lowest BCUT2D eigenvalue weighted by molar-refractivity contribution is -0.137. The number of rotatable bonds is 4. The summed E-state index contributed by atoms with van der Waals surface area (Å²) in [5.41, 5.74) is 0.846. The number of carbonyl (C=O) groups is 1. The van der Waals surface area contributed by atoms with Crippen LogP contribution in [-0.4, -0.2) is 21.8 Å². The molecule has 1 N–H and O–H groups in total. The molecule has 0 bridgehead atoms. The van der Waals surface area contributed by atoms with Crippen LogP contribution in [0.3, 0.4) is 0 Å². The van der Waals surface area contributed by atoms with Crippen molar-refractivity contribution in [3.05, 3.63) is 70.1 Å². The first-order chi connectivity index (χ1) is 11.8. The molecule has 130 valence electrons. The Hall–Kier alpha value is -2.35. The number of aromatic nitrogens is 2. The third kappa shape index (κ3) is 4.19. The summed E-state index contributed by atoms with van der Waals surface area (Å²) in [6.45, 7) is 0.338. The van der Waals surface area contributed by atoms with E-state index in [1.54, 1.807) is 24.3 Å². The molecule has 4 nitrogen and oxygen atoms in total. The van der Waals surface area contributed by atoms with Crippen molar-refractivity contribution in [3.63, 3.8) is 0 Å². The molecule has 2 aromatic heterocycles. The van der Waals surface area contributed by atoms with E-state index in [1.165, 1.54) is 16.7 Å². The van der Waals surface area contributed by atoms with E-state index in [0.29, 0.717) is 29.9 Å². The van der Waals surface area contributed by atoms with Gasteiger partial charge in [-0.2, -0.15) is 13.2 Å². The van der Waals surface area contributed by atoms with Crippen molar-refractivity contribution >= 4 is 27.5 Å². The first-order valence-electron chi connectivity index (χ1n) is 7.41. The quantitative estimate of drug-likeness (QED) is 0.702. The largest absolute Gasteiger partial charge is 0.417 e. The number of carbonyl (C=O) groups excluding carboxylic acids is 1. The van der Waals surface area contributed by atoms with E-state index < -0.39 is 11.7 Å². The van der Waals surface area contributed by atoms with Gasteiger partial charge >= 0.3 is 6.18 Å². The molecule has 0 fully saturated rings. The smallest absolute Gasteiger partial charge is 0.352 e. The normalized spacial score (nSPS) is 11.7. The Labute approximate surface area is 149 Å². The Bertz CT molecular complexity index is 904. The number of alkyl halides is 3. The van der Waals surface area contributed by atoms with Crippen molar-refractivity contribution in [2.24, 2.45) is 0 Å². The maximum Gasteiger partial charge on any atom is 0.417 e. The second-order valence-corrected chi connectivity index (χ2v) is 6.34. The number of halogens is 4. The SMILES string of the molecule is O=C(NCCc1cn2cc(C(F)(F)F)ccc2n1)c1ccc(Br)cc1. The summed E-state index contributed by atoms with van der Waals surface area (Å²) in [6.07, 6.45) is -1.43. The van der Waals surface area contributed by atoms with Gasteiger partial charge in [0.2, 0.25) is 0 Å². The van der Waals surface area contributed by atoms with Crippen molar-refractivity contribution in [2.75, 3.05) is 6.54 Å². The zero-order valence-electron chi connectivity index (χ0n) is 12.8. The summed E-state index contributed by atoms with van der Waals surface area (Å²) in [6, 6.07) is 9.27. The highest BCUT2D eigenvalue weighted by molar-refractivity contribution is 9.10. The number of imidazole rings is 1. The third-order valence-corrected chi connectivity index (χ3v) is 4.13. The summed E-state index contributed by atoms with van der Waals surface area (Å²) in [4.78, 5) is 16.3. The molecule has 0 spiro atoms. The van der Waals surface area contributed by atoms with Gasteiger partial charge in [0, 0.05) is 35.4 Å². The molecule has 3 rings (SSSR count). The minimum atomic E-state index is -4.39. The van der Waals surface area contributed by atoms with Crippen molar-refractivity contribution in [2.45, 2.75) is 12.6 Å².